The number of benzene rings is 2. The Morgan fingerprint density at radius 1 is 1.03 bits per heavy atom. The van der Waals surface area contributed by atoms with Crippen LogP contribution >= 0.6 is 0 Å². The minimum absolute atomic E-state index is 0.228. The van der Waals surface area contributed by atoms with Crippen molar-refractivity contribution in [3.05, 3.63) is 77.7 Å². The van der Waals surface area contributed by atoms with E-state index in [4.69, 9.17) is 9.47 Å². The zero-order valence-electron chi connectivity index (χ0n) is 16.2. The topological polar surface area (TPSA) is 76.6 Å². The number of amides is 1. The number of anilines is 1. The van der Waals surface area contributed by atoms with Crippen molar-refractivity contribution in [1.29, 1.82) is 0 Å². The smallest absolute Gasteiger partial charge is 0.271 e. The molecule has 7 nitrogen and oxygen atoms in total. The molecule has 1 amide bonds. The Bertz CT molecular complexity index is 977. The van der Waals surface area contributed by atoms with E-state index in [-0.39, 0.29) is 18.4 Å². The van der Waals surface area contributed by atoms with Crippen LogP contribution < -0.4 is 19.7 Å². The van der Waals surface area contributed by atoms with Gasteiger partial charge in [0.1, 0.15) is 11.5 Å². The lowest BCUT2D eigenvalue weighted by atomic mass is 10.2. The zero-order chi connectivity index (χ0) is 20.1. The van der Waals surface area contributed by atoms with Gasteiger partial charge in [-0.05, 0) is 30.2 Å². The molecule has 0 spiro atoms. The van der Waals surface area contributed by atoms with Crippen LogP contribution in [0.4, 0.5) is 5.82 Å². The van der Waals surface area contributed by atoms with Gasteiger partial charge in [-0.25, -0.2) is 9.97 Å². The Kier molecular flexibility index (Phi) is 5.56. The number of rotatable bonds is 7. The van der Waals surface area contributed by atoms with E-state index in [1.807, 2.05) is 36.4 Å². The Morgan fingerprint density at radius 3 is 2.62 bits per heavy atom. The molecule has 4 rings (SSSR count). The van der Waals surface area contributed by atoms with Gasteiger partial charge in [0.25, 0.3) is 5.91 Å². The third kappa shape index (κ3) is 4.45. The highest BCUT2D eigenvalue weighted by Crippen LogP contribution is 2.32. The molecule has 1 aromatic heterocycles. The molecule has 0 saturated heterocycles. The van der Waals surface area contributed by atoms with Crippen LogP contribution in [0.25, 0.3) is 0 Å². The Labute approximate surface area is 169 Å². The molecule has 2 heterocycles. The summed E-state index contributed by atoms with van der Waals surface area (Å²) in [5.41, 5.74) is 2.40. The van der Waals surface area contributed by atoms with E-state index in [1.165, 1.54) is 11.8 Å². The molecule has 7 heteroatoms. The molecular formula is C22H22N4O3. The van der Waals surface area contributed by atoms with Gasteiger partial charge in [-0.1, -0.05) is 36.4 Å². The number of carbonyl (C=O) groups excluding carboxylic acids is 1. The van der Waals surface area contributed by atoms with E-state index >= 15 is 0 Å². The number of nitrogens with one attached hydrogen (secondary N) is 1. The van der Waals surface area contributed by atoms with E-state index in [0.29, 0.717) is 12.3 Å². The summed E-state index contributed by atoms with van der Waals surface area (Å²) in [6.45, 7) is 4.19. The van der Waals surface area contributed by atoms with Gasteiger partial charge in [-0.3, -0.25) is 4.79 Å². The normalized spacial score (nSPS) is 11.9. The standard InChI is InChI=1S/C22H22N4O3/c1-2-26(14-16-6-4-3-5-7-16)21-13-23-18(12-24-21)22(27)25-11-17-8-9-19-20(10-17)29-15-28-19/h3-10,12-13H,2,11,14-15H2,1H3,(H,25,27). The van der Waals surface area contributed by atoms with Crippen molar-refractivity contribution in [2.45, 2.75) is 20.0 Å². The van der Waals surface area contributed by atoms with E-state index < -0.39 is 0 Å². The lowest BCUT2D eigenvalue weighted by Gasteiger charge is -2.21. The predicted molar refractivity (Wildman–Crippen MR) is 109 cm³/mol. The van der Waals surface area contributed by atoms with Gasteiger partial charge in [-0.15, -0.1) is 0 Å². The van der Waals surface area contributed by atoms with Crippen molar-refractivity contribution < 1.29 is 14.3 Å². The number of ether oxygens (including phenoxy) is 2. The highest BCUT2D eigenvalue weighted by atomic mass is 16.7. The average Bonchev–Trinajstić information content (AvgIpc) is 3.24. The second kappa shape index (κ2) is 8.60. The summed E-state index contributed by atoms with van der Waals surface area (Å²) in [5, 5.41) is 2.86. The van der Waals surface area contributed by atoms with E-state index in [1.54, 1.807) is 6.20 Å². The Hall–Kier alpha value is -3.61. The summed E-state index contributed by atoms with van der Waals surface area (Å²) in [4.78, 5) is 23.3. The van der Waals surface area contributed by atoms with Crippen molar-refractivity contribution in [2.24, 2.45) is 0 Å². The molecule has 0 saturated carbocycles. The van der Waals surface area contributed by atoms with E-state index in [9.17, 15) is 4.79 Å². The fourth-order valence-electron chi connectivity index (χ4n) is 3.08. The second-order valence-electron chi connectivity index (χ2n) is 6.63. The fourth-order valence-corrected chi connectivity index (χ4v) is 3.08. The maximum Gasteiger partial charge on any atom is 0.271 e. The molecule has 0 atom stereocenters. The third-order valence-electron chi connectivity index (χ3n) is 4.68. The van der Waals surface area contributed by atoms with Crippen LogP contribution in [-0.2, 0) is 13.1 Å². The number of nitrogens with zero attached hydrogens (tertiary/aromatic N) is 3. The van der Waals surface area contributed by atoms with Gasteiger partial charge in [0, 0.05) is 19.6 Å². The maximum absolute atomic E-state index is 12.4. The summed E-state index contributed by atoms with van der Waals surface area (Å²) in [5.74, 6) is 1.88. The number of carbonyl (C=O) groups is 1. The molecule has 0 radical (unpaired) electrons. The fraction of sp³-hybridized carbons (Fsp3) is 0.227. The van der Waals surface area contributed by atoms with Crippen molar-refractivity contribution in [1.82, 2.24) is 15.3 Å². The summed E-state index contributed by atoms with van der Waals surface area (Å²) >= 11 is 0. The van der Waals surface area contributed by atoms with Gasteiger partial charge in [0.2, 0.25) is 6.79 Å². The maximum atomic E-state index is 12.4. The highest BCUT2D eigenvalue weighted by molar-refractivity contribution is 5.92. The molecule has 0 fully saturated rings. The summed E-state index contributed by atoms with van der Waals surface area (Å²) in [6, 6.07) is 15.8. The first kappa shape index (κ1) is 18.7. The quantitative estimate of drug-likeness (QED) is 0.668. The van der Waals surface area contributed by atoms with Crippen LogP contribution in [0.15, 0.2) is 60.9 Å². The molecular weight excluding hydrogens is 368 g/mol. The minimum atomic E-state index is -0.271. The van der Waals surface area contributed by atoms with Crippen LogP contribution in [0.3, 0.4) is 0 Å². The highest BCUT2D eigenvalue weighted by Gasteiger charge is 2.15. The van der Waals surface area contributed by atoms with Crippen LogP contribution in [0.5, 0.6) is 11.5 Å². The Balaban J connectivity index is 1.37. The van der Waals surface area contributed by atoms with Gasteiger partial charge in [0.15, 0.2) is 11.5 Å². The first-order valence-electron chi connectivity index (χ1n) is 9.50. The summed E-state index contributed by atoms with van der Waals surface area (Å²) in [6.07, 6.45) is 3.15. The largest absolute Gasteiger partial charge is 0.454 e. The SMILES string of the molecule is CCN(Cc1ccccc1)c1cnc(C(=O)NCc2ccc3c(c2)OCO3)cn1. The molecule has 1 aliphatic rings. The molecule has 1 aliphatic heterocycles. The molecule has 0 unspecified atom stereocenters. The minimum Gasteiger partial charge on any atom is -0.454 e. The number of fused-ring (bicyclic) bond motifs is 1. The molecule has 0 bridgehead atoms. The summed E-state index contributed by atoms with van der Waals surface area (Å²) in [7, 11) is 0. The summed E-state index contributed by atoms with van der Waals surface area (Å²) < 4.78 is 10.7. The third-order valence-corrected chi connectivity index (χ3v) is 4.68. The van der Waals surface area contributed by atoms with Crippen LogP contribution in [-0.4, -0.2) is 29.2 Å². The lowest BCUT2D eigenvalue weighted by molar-refractivity contribution is 0.0945. The van der Waals surface area contributed by atoms with E-state index in [2.05, 4.69) is 39.2 Å². The molecule has 0 aliphatic carbocycles. The van der Waals surface area contributed by atoms with E-state index in [0.717, 1.165) is 30.2 Å². The monoisotopic (exact) mass is 390 g/mol. The van der Waals surface area contributed by atoms with Crippen LogP contribution in [0.1, 0.15) is 28.5 Å². The molecule has 2 aromatic carbocycles. The van der Waals surface area contributed by atoms with Gasteiger partial charge in [0.05, 0.1) is 12.4 Å². The average molecular weight is 390 g/mol. The second-order valence-corrected chi connectivity index (χ2v) is 6.63. The lowest BCUT2D eigenvalue weighted by Crippen LogP contribution is -2.26. The number of aromatic nitrogens is 2. The Morgan fingerprint density at radius 2 is 1.86 bits per heavy atom. The van der Waals surface area contributed by atoms with Gasteiger partial charge >= 0.3 is 0 Å². The molecule has 29 heavy (non-hydrogen) atoms. The first-order chi connectivity index (χ1) is 14.2. The van der Waals surface area contributed by atoms with Gasteiger partial charge < -0.3 is 19.7 Å². The van der Waals surface area contributed by atoms with Crippen molar-refractivity contribution in [3.63, 3.8) is 0 Å². The first-order valence-corrected chi connectivity index (χ1v) is 9.50. The van der Waals surface area contributed by atoms with Crippen LogP contribution in [0.2, 0.25) is 0 Å². The molecule has 1 N–H and O–H groups in total. The molecule has 3 aromatic rings. The zero-order valence-corrected chi connectivity index (χ0v) is 16.2. The van der Waals surface area contributed by atoms with Gasteiger partial charge in [-0.2, -0.15) is 0 Å². The van der Waals surface area contributed by atoms with Crippen molar-refractivity contribution in [2.75, 3.05) is 18.2 Å². The number of hydrogen-bond acceptors (Lipinski definition) is 6. The predicted octanol–water partition coefficient (Wildman–Crippen LogP) is 3.16. The van der Waals surface area contributed by atoms with Crippen molar-refractivity contribution >= 4 is 11.7 Å². The van der Waals surface area contributed by atoms with Crippen LogP contribution in [0, 0.1) is 0 Å². The molecule has 148 valence electrons. The number of hydrogen-bond donors (Lipinski definition) is 1. The van der Waals surface area contributed by atoms with Crippen molar-refractivity contribution in [3.8, 4) is 11.5 Å².